The third-order valence-electron chi connectivity index (χ3n) is 16.2. The van der Waals surface area contributed by atoms with Gasteiger partial charge in [-0.25, -0.2) is 27.4 Å². The lowest BCUT2D eigenvalue weighted by Gasteiger charge is -2.67. The maximum atomic E-state index is 15.7. The zero-order chi connectivity index (χ0) is 59.7. The number of nitrogens with one attached hydrogen (secondary N) is 1. The number of aromatic nitrogens is 1. The molecule has 4 aromatic carbocycles. The second-order valence-electron chi connectivity index (χ2n) is 21.8. The van der Waals surface area contributed by atoms with Crippen molar-refractivity contribution >= 4 is 51.7 Å². The molecule has 3 fully saturated rings. The van der Waals surface area contributed by atoms with Crippen LogP contribution in [-0.2, 0) is 64.8 Å². The van der Waals surface area contributed by atoms with Gasteiger partial charge in [0.15, 0.2) is 29.9 Å². The number of carbonyl (C=O) groups excluding carboxylic acids is 7. The van der Waals surface area contributed by atoms with Crippen LogP contribution in [-0.4, -0.2) is 119 Å². The van der Waals surface area contributed by atoms with E-state index in [9.17, 15) is 47.2 Å². The molecule has 2 unspecified atom stereocenters. The Morgan fingerprint density at radius 1 is 0.768 bits per heavy atom. The molecule has 1 aliphatic heterocycles. The topological polar surface area (TPSA) is 288 Å². The molecule has 3 aliphatic carbocycles. The molecule has 9 rings (SSSR count). The second kappa shape index (κ2) is 23.5. The van der Waals surface area contributed by atoms with Crippen molar-refractivity contribution in [1.82, 2.24) is 5.32 Å². The smallest absolute Gasteiger partial charge is 0.350 e. The molecule has 20 nitrogen and oxygen atoms in total. The lowest BCUT2D eigenvalue weighted by atomic mass is 9.44. The number of rotatable bonds is 13. The van der Waals surface area contributed by atoms with Gasteiger partial charge in [-0.15, -0.1) is 0 Å². The Labute approximate surface area is 474 Å². The Morgan fingerprint density at radius 3 is 1.90 bits per heavy atom. The Kier molecular flexibility index (Phi) is 17.2. The minimum Gasteiger partial charge on any atom is -0.744 e. The number of nitrogens with zero attached hydrogens (tertiary/aromatic N) is 1. The van der Waals surface area contributed by atoms with E-state index in [1.54, 1.807) is 129 Å². The van der Waals surface area contributed by atoms with E-state index < -0.39 is 129 Å². The standard InChI is InChI=1S/C54H56N2O15.C7H8O3S/c1-30-37(68-50(64)43(69-49(63)36-24-17-25-56(7)28-36)41(33-18-11-8-12-19-33)55-47(61)34-20-13-9-14-21-34)27-54(65)46(70-48(62)35-22-15-10-16-23-35)44-52(6,38(59)26-39-53(44,29-66-39)71-32(3)58)45(60)42(67-31(2)57)40(30)51(54,4)5;1-6-2-4-7(5-3-6)11(8,9)10/h8-25,28,37-39,41-44,46,59,65H,26-27,29H2,1-7H3;2-5H,1H3,(H,8,9,10)/t37-,38-,39+,41+,42+,43+,44?,46-,52?,53-,54+;/m0./s1. The summed E-state index contributed by atoms with van der Waals surface area (Å²) >= 11 is 0. The van der Waals surface area contributed by atoms with Crippen LogP contribution in [0.2, 0.25) is 0 Å². The fourth-order valence-electron chi connectivity index (χ4n) is 11.9. The van der Waals surface area contributed by atoms with E-state index in [1.165, 1.54) is 50.4 Å². The normalized spacial score (nSPS) is 26.8. The first-order valence-electron chi connectivity index (χ1n) is 26.3. The first kappa shape index (κ1) is 60.2. The number of ether oxygens (including phenoxy) is 6. The molecule has 1 amide bonds. The number of carbonyl (C=O) groups is 7. The number of pyridine rings is 1. The van der Waals surface area contributed by atoms with Crippen molar-refractivity contribution in [2.24, 2.45) is 23.8 Å². The monoisotopic (exact) mass is 1140 g/mol. The quantitative estimate of drug-likeness (QED) is 0.0442. The number of ketones is 1. The van der Waals surface area contributed by atoms with Gasteiger partial charge in [0.05, 0.1) is 34.5 Å². The number of amides is 1. The molecule has 2 saturated carbocycles. The maximum absolute atomic E-state index is 15.7. The molecule has 0 spiro atoms. The summed E-state index contributed by atoms with van der Waals surface area (Å²) in [5.74, 6) is -7.95. The van der Waals surface area contributed by atoms with Gasteiger partial charge < -0.3 is 48.5 Å². The van der Waals surface area contributed by atoms with Gasteiger partial charge in [0.2, 0.25) is 6.10 Å². The Hall–Kier alpha value is -7.95. The molecular formula is C61H64N2O18S. The second-order valence-corrected chi connectivity index (χ2v) is 23.1. The van der Waals surface area contributed by atoms with Crippen molar-refractivity contribution in [2.75, 3.05) is 6.61 Å². The zero-order valence-electron chi connectivity index (χ0n) is 46.3. The van der Waals surface area contributed by atoms with Crippen molar-refractivity contribution in [3.05, 3.63) is 179 Å². The molecule has 3 N–H and O–H groups in total. The largest absolute Gasteiger partial charge is 0.744 e. The van der Waals surface area contributed by atoms with Crippen molar-refractivity contribution in [3.8, 4) is 0 Å². The van der Waals surface area contributed by atoms with Gasteiger partial charge in [-0.2, -0.15) is 0 Å². The molecule has 2 heterocycles. The van der Waals surface area contributed by atoms with Gasteiger partial charge in [0, 0.05) is 43.7 Å². The summed E-state index contributed by atoms with van der Waals surface area (Å²) in [7, 11) is -2.59. The average Bonchev–Trinajstić information content (AvgIpc) is 3.63. The van der Waals surface area contributed by atoms with E-state index in [2.05, 4.69) is 5.32 Å². The summed E-state index contributed by atoms with van der Waals surface area (Å²) in [5.41, 5.74) is -6.41. The van der Waals surface area contributed by atoms with E-state index in [1.807, 2.05) is 6.92 Å². The molecule has 82 heavy (non-hydrogen) atoms. The highest BCUT2D eigenvalue weighted by Crippen LogP contribution is 2.64. The summed E-state index contributed by atoms with van der Waals surface area (Å²) in [4.78, 5) is 99.9. The average molecular weight is 1150 g/mol. The van der Waals surface area contributed by atoms with E-state index in [4.69, 9.17) is 28.4 Å². The van der Waals surface area contributed by atoms with Gasteiger partial charge >= 0.3 is 29.8 Å². The minimum absolute atomic E-state index is 0.0345. The molecule has 11 atom stereocenters. The van der Waals surface area contributed by atoms with Crippen LogP contribution < -0.4 is 9.88 Å². The van der Waals surface area contributed by atoms with Gasteiger partial charge in [-0.1, -0.05) is 98.3 Å². The highest BCUT2D eigenvalue weighted by atomic mass is 32.2. The Balaban J connectivity index is 0.000000717. The fourth-order valence-corrected chi connectivity index (χ4v) is 12.4. The molecular weight excluding hydrogens is 1080 g/mol. The third-order valence-corrected chi connectivity index (χ3v) is 17.0. The number of benzene rings is 4. The predicted molar refractivity (Wildman–Crippen MR) is 288 cm³/mol. The Bertz CT molecular complexity index is 3410. The van der Waals surface area contributed by atoms with Crippen LogP contribution in [0.5, 0.6) is 0 Å². The summed E-state index contributed by atoms with van der Waals surface area (Å²) < 4.78 is 69.7. The molecule has 432 valence electrons. The summed E-state index contributed by atoms with van der Waals surface area (Å²) in [6, 6.07) is 31.7. The van der Waals surface area contributed by atoms with Crippen LogP contribution in [0.4, 0.5) is 0 Å². The SMILES string of the molecule is CC(=O)O[C@H]1C(=O)C2(C)C([C@H](OC(=O)c3ccccc3)[C@]3(O)C[C@H](OC(=O)[C@H](OC(=O)c4ccc[n+](C)c4)[C@H](NC(=O)c4ccccc4)c4ccccc4)C(C)=C1C3(C)C)[C@]1(OC(C)=O)CO[C@@H]1C[C@@H]2O.Cc1ccc(S(=O)(=O)[O-])cc1. The first-order valence-corrected chi connectivity index (χ1v) is 27.7. The summed E-state index contributed by atoms with van der Waals surface area (Å²) in [6.07, 6.45) is -7.59. The number of fused-ring (bicyclic) bond motifs is 5. The number of esters is 5. The zero-order valence-corrected chi connectivity index (χ0v) is 47.1. The van der Waals surface area contributed by atoms with E-state index in [0.29, 0.717) is 5.56 Å². The molecule has 1 aromatic heterocycles. The highest BCUT2D eigenvalue weighted by molar-refractivity contribution is 7.85. The Morgan fingerprint density at radius 2 is 1.35 bits per heavy atom. The van der Waals surface area contributed by atoms with Crippen molar-refractivity contribution in [2.45, 2.75) is 120 Å². The summed E-state index contributed by atoms with van der Waals surface area (Å²) in [6.45, 7) is 9.74. The van der Waals surface area contributed by atoms with Crippen LogP contribution in [0.3, 0.4) is 0 Å². The third kappa shape index (κ3) is 11.6. The lowest BCUT2D eigenvalue weighted by molar-refractivity contribution is -0.671. The van der Waals surface area contributed by atoms with Gasteiger partial charge in [0.1, 0.15) is 52.7 Å². The molecule has 1 saturated heterocycles. The van der Waals surface area contributed by atoms with Gasteiger partial charge in [-0.05, 0) is 79.9 Å². The van der Waals surface area contributed by atoms with Crippen LogP contribution >= 0.6 is 0 Å². The fraction of sp³-hybridized carbons (Fsp3) is 0.377. The van der Waals surface area contributed by atoms with E-state index >= 15 is 9.59 Å². The lowest BCUT2D eigenvalue weighted by Crippen LogP contribution is -2.82. The maximum Gasteiger partial charge on any atom is 0.350 e. The highest BCUT2D eigenvalue weighted by Gasteiger charge is 2.78. The van der Waals surface area contributed by atoms with Crippen molar-refractivity contribution in [1.29, 1.82) is 0 Å². The minimum atomic E-state index is -4.27. The molecule has 0 radical (unpaired) electrons. The number of aliphatic hydroxyl groups excluding tert-OH is 1. The first-order chi connectivity index (χ1) is 38.6. The number of Topliss-reactive ketones (excluding diaryl/α,β-unsaturated/α-hetero) is 1. The van der Waals surface area contributed by atoms with Crippen molar-refractivity contribution in [3.63, 3.8) is 0 Å². The summed E-state index contributed by atoms with van der Waals surface area (Å²) in [5, 5.41) is 29.0. The number of hydrogen-bond acceptors (Lipinski definition) is 18. The van der Waals surface area contributed by atoms with Crippen LogP contribution in [0.15, 0.2) is 156 Å². The van der Waals surface area contributed by atoms with Gasteiger partial charge in [-0.3, -0.25) is 19.2 Å². The molecule has 2 bridgehead atoms. The van der Waals surface area contributed by atoms with E-state index in [0.717, 1.165) is 19.4 Å². The predicted octanol–water partition coefficient (Wildman–Crippen LogP) is 5.32. The molecule has 4 aliphatic rings. The number of aliphatic hydroxyl groups is 2. The van der Waals surface area contributed by atoms with Crippen LogP contribution in [0.1, 0.15) is 103 Å². The van der Waals surface area contributed by atoms with Crippen LogP contribution in [0.25, 0.3) is 0 Å². The molecule has 5 aromatic rings. The number of hydrogen-bond donors (Lipinski definition) is 3. The molecule has 21 heteroatoms. The number of aryl methyl sites for hydroxylation is 2. The van der Waals surface area contributed by atoms with E-state index in [-0.39, 0.29) is 45.8 Å². The van der Waals surface area contributed by atoms with Gasteiger partial charge in [0.25, 0.3) is 5.91 Å². The van der Waals surface area contributed by atoms with Crippen LogP contribution in [0, 0.1) is 23.7 Å². The van der Waals surface area contributed by atoms with Crippen molar-refractivity contribution < 1.29 is 89.7 Å².